The molecule has 0 aromatic heterocycles. The summed E-state index contributed by atoms with van der Waals surface area (Å²) in [5.41, 5.74) is -1.70. The van der Waals surface area contributed by atoms with Gasteiger partial charge in [-0.05, 0) is 12.5 Å². The second-order valence-corrected chi connectivity index (χ2v) is 4.48. The number of rotatable bonds is 3. The number of carbonyl (C=O) groups is 1. The molecule has 1 amide bonds. The first kappa shape index (κ1) is 14.3. The Bertz CT molecular complexity index is 559. The van der Waals surface area contributed by atoms with Gasteiger partial charge in [-0.1, -0.05) is 0 Å². The first-order valence-electron chi connectivity index (χ1n) is 5.90. The highest BCUT2D eigenvalue weighted by atomic mass is 19.1. The van der Waals surface area contributed by atoms with Crippen LogP contribution in [-0.4, -0.2) is 42.0 Å². The summed E-state index contributed by atoms with van der Waals surface area (Å²) in [7, 11) is 1.43. The average Bonchev–Trinajstić information content (AvgIpc) is 2.93. The van der Waals surface area contributed by atoms with E-state index >= 15 is 0 Å². The molecule has 1 aliphatic heterocycles. The Morgan fingerprint density at radius 2 is 2.20 bits per heavy atom. The van der Waals surface area contributed by atoms with Crippen molar-refractivity contribution in [2.45, 2.75) is 12.5 Å². The molecule has 1 aromatic rings. The summed E-state index contributed by atoms with van der Waals surface area (Å²) in [5.74, 6) is -3.16. The van der Waals surface area contributed by atoms with Crippen molar-refractivity contribution in [2.24, 2.45) is 0 Å². The standard InChI is InChI=1S/C12H12F2N2O4/c1-15(8-2-3-20-6-8)12(17)9-4-7(13)5-10(11(9)14)16(18)19/h4-5,8H,2-3,6H2,1H3. The number of hydrogen-bond donors (Lipinski definition) is 0. The van der Waals surface area contributed by atoms with Gasteiger partial charge in [-0.25, -0.2) is 4.39 Å². The van der Waals surface area contributed by atoms with Gasteiger partial charge >= 0.3 is 5.69 Å². The van der Waals surface area contributed by atoms with Crippen LogP contribution in [0.3, 0.4) is 0 Å². The first-order valence-corrected chi connectivity index (χ1v) is 5.90. The van der Waals surface area contributed by atoms with E-state index in [1.54, 1.807) is 0 Å². The molecule has 108 valence electrons. The molecule has 6 nitrogen and oxygen atoms in total. The first-order chi connectivity index (χ1) is 9.41. The van der Waals surface area contributed by atoms with Crippen molar-refractivity contribution in [3.63, 3.8) is 0 Å². The number of ether oxygens (including phenoxy) is 1. The van der Waals surface area contributed by atoms with E-state index in [0.717, 1.165) is 0 Å². The van der Waals surface area contributed by atoms with Crippen molar-refractivity contribution >= 4 is 11.6 Å². The van der Waals surface area contributed by atoms with Gasteiger partial charge < -0.3 is 9.64 Å². The molecule has 1 aromatic carbocycles. The van der Waals surface area contributed by atoms with Gasteiger partial charge in [0, 0.05) is 13.7 Å². The number of amides is 1. The van der Waals surface area contributed by atoms with Crippen molar-refractivity contribution in [3.8, 4) is 0 Å². The minimum absolute atomic E-state index is 0.246. The molecule has 8 heteroatoms. The second kappa shape index (κ2) is 5.49. The summed E-state index contributed by atoms with van der Waals surface area (Å²) in [6, 6.07) is 0.867. The van der Waals surface area contributed by atoms with Crippen LogP contribution in [0.15, 0.2) is 12.1 Å². The Hall–Kier alpha value is -2.09. The van der Waals surface area contributed by atoms with E-state index in [4.69, 9.17) is 4.74 Å². The van der Waals surface area contributed by atoms with Crippen LogP contribution >= 0.6 is 0 Å². The smallest absolute Gasteiger partial charge is 0.308 e. The fourth-order valence-electron chi connectivity index (χ4n) is 2.05. The molecule has 0 radical (unpaired) electrons. The highest BCUT2D eigenvalue weighted by Crippen LogP contribution is 2.24. The van der Waals surface area contributed by atoms with Crippen LogP contribution in [0.5, 0.6) is 0 Å². The van der Waals surface area contributed by atoms with Gasteiger partial charge in [0.25, 0.3) is 5.91 Å². The van der Waals surface area contributed by atoms with Crippen LogP contribution in [0.25, 0.3) is 0 Å². The van der Waals surface area contributed by atoms with E-state index in [1.807, 2.05) is 0 Å². The maximum Gasteiger partial charge on any atom is 0.308 e. The second-order valence-electron chi connectivity index (χ2n) is 4.48. The number of likely N-dealkylation sites (N-methyl/N-ethyl adjacent to an activating group) is 1. The molecule has 1 atom stereocenters. The summed E-state index contributed by atoms with van der Waals surface area (Å²) >= 11 is 0. The lowest BCUT2D eigenvalue weighted by Crippen LogP contribution is -2.37. The fourth-order valence-corrected chi connectivity index (χ4v) is 2.05. The summed E-state index contributed by atoms with van der Waals surface area (Å²) < 4.78 is 32.3. The summed E-state index contributed by atoms with van der Waals surface area (Å²) in [6.07, 6.45) is 0.585. The topological polar surface area (TPSA) is 72.7 Å². The molecule has 1 aliphatic rings. The van der Waals surface area contributed by atoms with Crippen molar-refractivity contribution < 1.29 is 23.2 Å². The van der Waals surface area contributed by atoms with E-state index in [1.165, 1.54) is 11.9 Å². The molecule has 0 aliphatic carbocycles. The third-order valence-electron chi connectivity index (χ3n) is 3.22. The van der Waals surface area contributed by atoms with Crippen molar-refractivity contribution in [2.75, 3.05) is 20.3 Å². The number of carbonyl (C=O) groups excluding carboxylic acids is 1. The van der Waals surface area contributed by atoms with Crippen LogP contribution < -0.4 is 0 Å². The predicted molar refractivity (Wildman–Crippen MR) is 64.3 cm³/mol. The maximum atomic E-state index is 13.9. The zero-order valence-electron chi connectivity index (χ0n) is 10.6. The van der Waals surface area contributed by atoms with Crippen molar-refractivity contribution in [1.29, 1.82) is 0 Å². The maximum absolute atomic E-state index is 13.9. The normalized spacial score (nSPS) is 18.1. The quantitative estimate of drug-likeness (QED) is 0.626. The van der Waals surface area contributed by atoms with E-state index in [2.05, 4.69) is 0 Å². The van der Waals surface area contributed by atoms with Gasteiger partial charge in [-0.2, -0.15) is 4.39 Å². The molecule has 0 saturated carbocycles. The summed E-state index contributed by atoms with van der Waals surface area (Å²) in [5, 5.41) is 10.6. The molecular weight excluding hydrogens is 274 g/mol. The molecule has 0 bridgehead atoms. The van der Waals surface area contributed by atoms with Gasteiger partial charge in [0.05, 0.1) is 29.2 Å². The largest absolute Gasteiger partial charge is 0.379 e. The third-order valence-corrected chi connectivity index (χ3v) is 3.22. The molecule has 0 N–H and O–H groups in total. The summed E-state index contributed by atoms with van der Waals surface area (Å²) in [4.78, 5) is 22.9. The lowest BCUT2D eigenvalue weighted by molar-refractivity contribution is -0.387. The Labute approximate surface area is 113 Å². The molecule has 0 spiro atoms. The van der Waals surface area contributed by atoms with E-state index in [9.17, 15) is 23.7 Å². The van der Waals surface area contributed by atoms with E-state index in [0.29, 0.717) is 31.8 Å². The third kappa shape index (κ3) is 2.60. The van der Waals surface area contributed by atoms with Crippen LogP contribution in [0.1, 0.15) is 16.8 Å². The van der Waals surface area contributed by atoms with Crippen LogP contribution in [-0.2, 0) is 4.74 Å². The predicted octanol–water partition coefficient (Wildman–Crippen LogP) is 1.73. The molecular formula is C12H12F2N2O4. The zero-order valence-corrected chi connectivity index (χ0v) is 10.6. The number of halogens is 2. The Kier molecular flexibility index (Phi) is 3.93. The highest BCUT2D eigenvalue weighted by molar-refractivity contribution is 5.95. The monoisotopic (exact) mass is 286 g/mol. The summed E-state index contributed by atoms with van der Waals surface area (Å²) in [6.45, 7) is 0.787. The van der Waals surface area contributed by atoms with Gasteiger partial charge in [0.1, 0.15) is 5.82 Å². The van der Waals surface area contributed by atoms with Crippen molar-refractivity contribution in [3.05, 3.63) is 39.4 Å². The zero-order chi connectivity index (χ0) is 14.9. The molecule has 1 saturated heterocycles. The Morgan fingerprint density at radius 3 is 2.75 bits per heavy atom. The number of nitro groups is 1. The molecule has 1 heterocycles. The van der Waals surface area contributed by atoms with Crippen molar-refractivity contribution in [1.82, 2.24) is 4.90 Å². The molecule has 1 fully saturated rings. The number of nitro benzene ring substituents is 1. The van der Waals surface area contributed by atoms with Gasteiger partial charge in [-0.3, -0.25) is 14.9 Å². The SMILES string of the molecule is CN(C(=O)c1cc(F)cc([N+](=O)[O-])c1F)C1CCOC1. The van der Waals surface area contributed by atoms with Crippen LogP contribution in [0.4, 0.5) is 14.5 Å². The fraction of sp³-hybridized carbons (Fsp3) is 0.417. The minimum atomic E-state index is -1.33. The highest BCUT2D eigenvalue weighted by Gasteiger charge is 2.30. The minimum Gasteiger partial charge on any atom is -0.379 e. The molecule has 20 heavy (non-hydrogen) atoms. The van der Waals surface area contributed by atoms with E-state index < -0.39 is 33.7 Å². The number of benzene rings is 1. The lowest BCUT2D eigenvalue weighted by atomic mass is 10.1. The number of hydrogen-bond acceptors (Lipinski definition) is 4. The van der Waals surface area contributed by atoms with Crippen LogP contribution in [0, 0.1) is 21.7 Å². The lowest BCUT2D eigenvalue weighted by Gasteiger charge is -2.23. The molecule has 2 rings (SSSR count). The van der Waals surface area contributed by atoms with Crippen LogP contribution in [0.2, 0.25) is 0 Å². The van der Waals surface area contributed by atoms with Gasteiger partial charge in [-0.15, -0.1) is 0 Å². The molecule has 1 unspecified atom stereocenters. The number of nitrogens with zero attached hydrogens (tertiary/aromatic N) is 2. The van der Waals surface area contributed by atoms with Gasteiger partial charge in [0.15, 0.2) is 0 Å². The van der Waals surface area contributed by atoms with Gasteiger partial charge in [0.2, 0.25) is 5.82 Å². The van der Waals surface area contributed by atoms with E-state index in [-0.39, 0.29) is 6.04 Å². The Balaban J connectivity index is 2.36. The average molecular weight is 286 g/mol. The Morgan fingerprint density at radius 1 is 1.50 bits per heavy atom.